The molecule has 4 rings (SSSR count). The van der Waals surface area contributed by atoms with Crippen LogP contribution >= 0.6 is 0 Å². The van der Waals surface area contributed by atoms with Gasteiger partial charge in [0.05, 0.1) is 24.9 Å². The maximum absolute atomic E-state index is 13.2. The Hall–Kier alpha value is -3.12. The number of anilines is 1. The van der Waals surface area contributed by atoms with E-state index in [4.69, 9.17) is 4.98 Å². The van der Waals surface area contributed by atoms with Crippen molar-refractivity contribution >= 4 is 11.7 Å². The molecule has 0 fully saturated rings. The zero-order valence-corrected chi connectivity index (χ0v) is 16.8. The SMILES string of the molecule is Cc1nc2c(n1Cc1ccccc1)C[C@@H](CO)N(C(=O)N(C)c1ccccc1)C2. The minimum atomic E-state index is -0.271. The fourth-order valence-electron chi connectivity index (χ4n) is 3.97. The number of aliphatic hydroxyl groups excluding tert-OH is 1. The number of fused-ring (bicyclic) bond motifs is 1. The average molecular weight is 390 g/mol. The van der Waals surface area contributed by atoms with Crippen molar-refractivity contribution in [1.29, 1.82) is 0 Å². The Morgan fingerprint density at radius 3 is 2.45 bits per heavy atom. The van der Waals surface area contributed by atoms with Gasteiger partial charge in [-0.3, -0.25) is 4.90 Å². The third kappa shape index (κ3) is 3.76. The van der Waals surface area contributed by atoms with Gasteiger partial charge in [0.25, 0.3) is 0 Å². The second-order valence-corrected chi connectivity index (χ2v) is 7.47. The number of hydrogen-bond donors (Lipinski definition) is 1. The van der Waals surface area contributed by atoms with Crippen molar-refractivity contribution in [3.8, 4) is 0 Å². The summed E-state index contributed by atoms with van der Waals surface area (Å²) in [6, 6.07) is 19.4. The lowest BCUT2D eigenvalue weighted by atomic mass is 10.0. The number of amides is 2. The fraction of sp³-hybridized carbons (Fsp3) is 0.304. The number of carbonyl (C=O) groups is 1. The largest absolute Gasteiger partial charge is 0.394 e. The number of rotatable bonds is 4. The molecule has 0 spiro atoms. The zero-order chi connectivity index (χ0) is 20.4. The van der Waals surface area contributed by atoms with E-state index in [1.807, 2.05) is 55.5 Å². The Labute approximate surface area is 171 Å². The summed E-state index contributed by atoms with van der Waals surface area (Å²) in [6.45, 7) is 3.06. The summed E-state index contributed by atoms with van der Waals surface area (Å²) < 4.78 is 2.20. The number of aromatic nitrogens is 2. The van der Waals surface area contributed by atoms with Crippen LogP contribution in [-0.2, 0) is 19.5 Å². The first-order chi connectivity index (χ1) is 14.1. The van der Waals surface area contributed by atoms with E-state index in [2.05, 4.69) is 16.7 Å². The van der Waals surface area contributed by atoms with Crippen LogP contribution in [0.4, 0.5) is 10.5 Å². The first-order valence-corrected chi connectivity index (χ1v) is 9.87. The van der Waals surface area contributed by atoms with Crippen molar-refractivity contribution in [3.63, 3.8) is 0 Å². The van der Waals surface area contributed by atoms with E-state index >= 15 is 0 Å². The molecule has 6 heteroatoms. The predicted molar refractivity (Wildman–Crippen MR) is 113 cm³/mol. The van der Waals surface area contributed by atoms with Gasteiger partial charge in [0.15, 0.2) is 0 Å². The highest BCUT2D eigenvalue weighted by Crippen LogP contribution is 2.27. The molecule has 0 unspecified atom stereocenters. The summed E-state index contributed by atoms with van der Waals surface area (Å²) in [5.74, 6) is 0.932. The first kappa shape index (κ1) is 19.2. The molecule has 150 valence electrons. The fourth-order valence-corrected chi connectivity index (χ4v) is 3.97. The number of urea groups is 1. The van der Waals surface area contributed by atoms with Gasteiger partial charge in [-0.1, -0.05) is 48.5 Å². The Bertz CT molecular complexity index is 985. The topological polar surface area (TPSA) is 61.6 Å². The Balaban J connectivity index is 1.60. The molecule has 0 saturated carbocycles. The van der Waals surface area contributed by atoms with E-state index in [1.54, 1.807) is 16.8 Å². The van der Waals surface area contributed by atoms with Gasteiger partial charge >= 0.3 is 6.03 Å². The molecule has 2 heterocycles. The zero-order valence-electron chi connectivity index (χ0n) is 16.8. The monoisotopic (exact) mass is 390 g/mol. The van der Waals surface area contributed by atoms with Gasteiger partial charge in [0, 0.05) is 31.4 Å². The maximum Gasteiger partial charge on any atom is 0.324 e. The van der Waals surface area contributed by atoms with E-state index in [0.717, 1.165) is 29.4 Å². The van der Waals surface area contributed by atoms with E-state index in [-0.39, 0.29) is 18.7 Å². The van der Waals surface area contributed by atoms with Gasteiger partial charge in [-0.15, -0.1) is 0 Å². The smallest absolute Gasteiger partial charge is 0.324 e. The van der Waals surface area contributed by atoms with Crippen molar-refractivity contribution < 1.29 is 9.90 Å². The van der Waals surface area contributed by atoms with Crippen LogP contribution in [-0.4, -0.2) is 45.3 Å². The van der Waals surface area contributed by atoms with E-state index < -0.39 is 0 Å². The number of aliphatic hydroxyl groups is 1. The van der Waals surface area contributed by atoms with Crippen LogP contribution in [0.2, 0.25) is 0 Å². The highest BCUT2D eigenvalue weighted by molar-refractivity contribution is 5.91. The third-order valence-corrected chi connectivity index (χ3v) is 5.61. The minimum absolute atomic E-state index is 0.0800. The number of nitrogens with zero attached hydrogens (tertiary/aromatic N) is 4. The van der Waals surface area contributed by atoms with Gasteiger partial charge in [-0.25, -0.2) is 9.78 Å². The summed E-state index contributed by atoms with van der Waals surface area (Å²) in [5, 5.41) is 10.0. The van der Waals surface area contributed by atoms with Crippen LogP contribution in [0.1, 0.15) is 22.8 Å². The van der Waals surface area contributed by atoms with Crippen LogP contribution in [0.3, 0.4) is 0 Å². The second-order valence-electron chi connectivity index (χ2n) is 7.47. The van der Waals surface area contributed by atoms with Gasteiger partial charge in [-0.05, 0) is 24.6 Å². The number of aryl methyl sites for hydroxylation is 1. The van der Waals surface area contributed by atoms with Crippen LogP contribution < -0.4 is 4.90 Å². The summed E-state index contributed by atoms with van der Waals surface area (Å²) >= 11 is 0. The van der Waals surface area contributed by atoms with Crippen molar-refractivity contribution in [1.82, 2.24) is 14.5 Å². The molecule has 0 saturated heterocycles. The van der Waals surface area contributed by atoms with Gasteiger partial charge in [0.1, 0.15) is 5.82 Å². The van der Waals surface area contributed by atoms with Crippen molar-refractivity contribution in [2.75, 3.05) is 18.6 Å². The quantitative estimate of drug-likeness (QED) is 0.744. The van der Waals surface area contributed by atoms with Crippen LogP contribution in [0.15, 0.2) is 60.7 Å². The molecule has 0 aliphatic carbocycles. The predicted octanol–water partition coefficient (Wildman–Crippen LogP) is 3.22. The molecule has 6 nitrogen and oxygen atoms in total. The summed E-state index contributed by atoms with van der Waals surface area (Å²) in [4.78, 5) is 21.3. The molecule has 1 aromatic heterocycles. The molecule has 3 aromatic rings. The normalized spacial score (nSPS) is 15.8. The lowest BCUT2D eigenvalue weighted by Crippen LogP contribution is -2.51. The van der Waals surface area contributed by atoms with Crippen molar-refractivity contribution in [2.45, 2.75) is 32.5 Å². The summed E-state index contributed by atoms with van der Waals surface area (Å²) in [6.07, 6.45) is 0.591. The molecule has 29 heavy (non-hydrogen) atoms. The summed E-state index contributed by atoms with van der Waals surface area (Å²) in [5.41, 5.74) is 4.05. The molecule has 1 N–H and O–H groups in total. The van der Waals surface area contributed by atoms with Crippen LogP contribution in [0, 0.1) is 6.92 Å². The van der Waals surface area contributed by atoms with Gasteiger partial charge < -0.3 is 14.6 Å². The molecule has 2 amide bonds. The molecule has 1 atom stereocenters. The first-order valence-electron chi connectivity index (χ1n) is 9.87. The Morgan fingerprint density at radius 1 is 1.14 bits per heavy atom. The lowest BCUT2D eigenvalue weighted by Gasteiger charge is -2.37. The van der Waals surface area contributed by atoms with Crippen molar-refractivity contribution in [3.05, 3.63) is 83.4 Å². The third-order valence-electron chi connectivity index (χ3n) is 5.61. The molecule has 0 radical (unpaired) electrons. The lowest BCUT2D eigenvalue weighted by molar-refractivity contribution is 0.123. The highest BCUT2D eigenvalue weighted by atomic mass is 16.3. The standard InChI is InChI=1S/C23H26N4O2/c1-17-24-21-15-27(23(29)25(2)19-11-7-4-8-12-19)20(16-28)13-22(21)26(17)14-18-9-5-3-6-10-18/h3-12,20,28H,13-16H2,1-2H3/t20-/m0/s1. The van der Waals surface area contributed by atoms with Crippen LogP contribution in [0.5, 0.6) is 0 Å². The van der Waals surface area contributed by atoms with E-state index in [1.165, 1.54) is 5.56 Å². The maximum atomic E-state index is 13.2. The number of benzene rings is 2. The Morgan fingerprint density at radius 2 is 1.79 bits per heavy atom. The Kier molecular flexibility index (Phi) is 5.36. The van der Waals surface area contributed by atoms with Crippen molar-refractivity contribution in [2.24, 2.45) is 0 Å². The minimum Gasteiger partial charge on any atom is -0.394 e. The van der Waals surface area contributed by atoms with Gasteiger partial charge in [-0.2, -0.15) is 0 Å². The highest BCUT2D eigenvalue weighted by Gasteiger charge is 2.34. The van der Waals surface area contributed by atoms with Gasteiger partial charge in [0.2, 0.25) is 0 Å². The van der Waals surface area contributed by atoms with E-state index in [0.29, 0.717) is 13.0 Å². The molecule has 2 aromatic carbocycles. The average Bonchev–Trinajstić information content (AvgIpc) is 3.07. The molecule has 1 aliphatic rings. The molecule has 1 aliphatic heterocycles. The molecule has 0 bridgehead atoms. The summed E-state index contributed by atoms with van der Waals surface area (Å²) in [7, 11) is 1.76. The van der Waals surface area contributed by atoms with E-state index in [9.17, 15) is 9.90 Å². The number of hydrogen-bond acceptors (Lipinski definition) is 3. The second kappa shape index (κ2) is 8.09. The molecular formula is C23H26N4O2. The number of carbonyl (C=O) groups excluding carboxylic acids is 1. The molecular weight excluding hydrogens is 364 g/mol. The number of imidazole rings is 1. The van der Waals surface area contributed by atoms with Crippen LogP contribution in [0.25, 0.3) is 0 Å². The number of para-hydroxylation sites is 1.